The Labute approximate surface area is 146 Å². The normalized spacial score (nSPS) is 10.4. The van der Waals surface area contributed by atoms with Crippen molar-refractivity contribution in [2.24, 2.45) is 0 Å². The summed E-state index contributed by atoms with van der Waals surface area (Å²) in [5, 5.41) is 3.47. The van der Waals surface area contributed by atoms with Crippen LogP contribution in [0.25, 0.3) is 0 Å². The first kappa shape index (κ1) is 18.2. The molecule has 24 heavy (non-hydrogen) atoms. The fourth-order valence-corrected chi connectivity index (χ4v) is 3.52. The molecule has 0 aliphatic heterocycles. The van der Waals surface area contributed by atoms with Crippen LogP contribution in [0.5, 0.6) is 0 Å². The number of amides is 1. The van der Waals surface area contributed by atoms with Gasteiger partial charge in [-0.25, -0.2) is 4.79 Å². The average molecular weight is 345 g/mol. The molecule has 0 aliphatic rings. The zero-order valence-electron chi connectivity index (χ0n) is 14.1. The van der Waals surface area contributed by atoms with E-state index < -0.39 is 0 Å². The van der Waals surface area contributed by atoms with Gasteiger partial charge in [0.25, 0.3) is 0 Å². The molecule has 0 bridgehead atoms. The molecular weight excluding hydrogens is 322 g/mol. The number of esters is 1. The van der Waals surface area contributed by atoms with Crippen LogP contribution in [0.1, 0.15) is 47.5 Å². The second kappa shape index (κ2) is 9.23. The molecule has 1 aromatic carbocycles. The highest BCUT2D eigenvalue weighted by Gasteiger charge is 2.18. The van der Waals surface area contributed by atoms with Crippen LogP contribution < -0.4 is 5.32 Å². The third-order valence-corrected chi connectivity index (χ3v) is 4.62. The molecule has 4 nitrogen and oxygen atoms in total. The highest BCUT2D eigenvalue weighted by atomic mass is 32.1. The van der Waals surface area contributed by atoms with Crippen LogP contribution in [-0.2, 0) is 22.4 Å². The lowest BCUT2D eigenvalue weighted by Crippen LogP contribution is -2.14. The van der Waals surface area contributed by atoms with Crippen molar-refractivity contribution in [2.45, 2.75) is 39.5 Å². The van der Waals surface area contributed by atoms with Crippen LogP contribution in [0.3, 0.4) is 0 Å². The summed E-state index contributed by atoms with van der Waals surface area (Å²) in [6.07, 6.45) is 2.93. The maximum Gasteiger partial charge on any atom is 0.341 e. The van der Waals surface area contributed by atoms with Crippen molar-refractivity contribution < 1.29 is 14.3 Å². The van der Waals surface area contributed by atoms with E-state index >= 15 is 0 Å². The molecular formula is C19H23NO3S. The number of hydrogen-bond acceptors (Lipinski definition) is 4. The van der Waals surface area contributed by atoms with Gasteiger partial charge in [0.15, 0.2) is 0 Å². The highest BCUT2D eigenvalue weighted by Crippen LogP contribution is 2.30. The van der Waals surface area contributed by atoms with Crippen molar-refractivity contribution >= 4 is 28.2 Å². The lowest BCUT2D eigenvalue weighted by atomic mass is 10.1. The van der Waals surface area contributed by atoms with E-state index in [9.17, 15) is 9.59 Å². The van der Waals surface area contributed by atoms with Gasteiger partial charge in [-0.3, -0.25) is 4.79 Å². The largest absolute Gasteiger partial charge is 0.462 e. The molecule has 2 aromatic rings. The Morgan fingerprint density at radius 1 is 1.12 bits per heavy atom. The van der Waals surface area contributed by atoms with Crippen LogP contribution in [0.15, 0.2) is 36.4 Å². The van der Waals surface area contributed by atoms with Gasteiger partial charge < -0.3 is 10.1 Å². The Hall–Kier alpha value is -2.14. The molecule has 0 radical (unpaired) electrons. The van der Waals surface area contributed by atoms with Gasteiger partial charge in [-0.15, -0.1) is 11.3 Å². The summed E-state index contributed by atoms with van der Waals surface area (Å²) >= 11 is 1.46. The Kier molecular flexibility index (Phi) is 7.00. The Morgan fingerprint density at radius 3 is 2.54 bits per heavy atom. The monoisotopic (exact) mass is 345 g/mol. The van der Waals surface area contributed by atoms with E-state index in [-0.39, 0.29) is 11.9 Å². The lowest BCUT2D eigenvalue weighted by molar-refractivity contribution is -0.116. The molecule has 2 rings (SSSR count). The smallest absolute Gasteiger partial charge is 0.341 e. The minimum absolute atomic E-state index is 0.0886. The SMILES string of the molecule is CCCc1cc(C(=O)OCC)c(NC(=O)CCc2ccccc2)s1. The van der Waals surface area contributed by atoms with Gasteiger partial charge in [-0.1, -0.05) is 43.7 Å². The molecule has 0 unspecified atom stereocenters. The molecule has 1 amide bonds. The van der Waals surface area contributed by atoms with Crippen molar-refractivity contribution in [3.05, 3.63) is 52.4 Å². The Balaban J connectivity index is 2.03. The number of anilines is 1. The van der Waals surface area contributed by atoms with Crippen LogP contribution in [0.4, 0.5) is 5.00 Å². The first-order valence-corrected chi connectivity index (χ1v) is 9.09. The summed E-state index contributed by atoms with van der Waals surface area (Å²) in [6, 6.07) is 11.7. The predicted octanol–water partition coefficient (Wildman–Crippen LogP) is 4.45. The fraction of sp³-hybridized carbons (Fsp3) is 0.368. The average Bonchev–Trinajstić information content (AvgIpc) is 2.97. The van der Waals surface area contributed by atoms with E-state index in [1.165, 1.54) is 11.3 Å². The minimum Gasteiger partial charge on any atom is -0.462 e. The Morgan fingerprint density at radius 2 is 1.88 bits per heavy atom. The summed E-state index contributed by atoms with van der Waals surface area (Å²) in [4.78, 5) is 25.4. The van der Waals surface area contributed by atoms with Gasteiger partial charge in [0.05, 0.1) is 12.2 Å². The molecule has 0 fully saturated rings. The number of thiophene rings is 1. The van der Waals surface area contributed by atoms with E-state index in [0.717, 1.165) is 23.3 Å². The number of carbonyl (C=O) groups excluding carboxylic acids is 2. The number of carbonyl (C=O) groups is 2. The summed E-state index contributed by atoms with van der Waals surface area (Å²) in [7, 11) is 0. The lowest BCUT2D eigenvalue weighted by Gasteiger charge is -2.06. The van der Waals surface area contributed by atoms with Gasteiger partial charge in [0.1, 0.15) is 5.00 Å². The van der Waals surface area contributed by atoms with Crippen molar-refractivity contribution in [1.29, 1.82) is 0 Å². The fourth-order valence-electron chi connectivity index (χ4n) is 2.36. The maximum absolute atomic E-state index is 12.2. The van der Waals surface area contributed by atoms with Gasteiger partial charge in [-0.05, 0) is 31.4 Å². The number of nitrogens with one attached hydrogen (secondary N) is 1. The van der Waals surface area contributed by atoms with Gasteiger partial charge in [0.2, 0.25) is 5.91 Å². The van der Waals surface area contributed by atoms with Crippen molar-refractivity contribution in [1.82, 2.24) is 0 Å². The van der Waals surface area contributed by atoms with E-state index in [2.05, 4.69) is 12.2 Å². The molecule has 5 heteroatoms. The quantitative estimate of drug-likeness (QED) is 0.719. The van der Waals surface area contributed by atoms with E-state index in [4.69, 9.17) is 4.74 Å². The molecule has 0 saturated heterocycles. The second-order valence-electron chi connectivity index (χ2n) is 5.46. The second-order valence-corrected chi connectivity index (χ2v) is 6.60. The number of ether oxygens (including phenoxy) is 1. The summed E-state index contributed by atoms with van der Waals surface area (Å²) in [5.41, 5.74) is 1.58. The van der Waals surface area contributed by atoms with Crippen molar-refractivity contribution in [3.8, 4) is 0 Å². The molecule has 0 atom stereocenters. The van der Waals surface area contributed by atoms with Crippen LogP contribution >= 0.6 is 11.3 Å². The molecule has 1 heterocycles. The standard InChI is InChI=1S/C19H23NO3S/c1-3-8-15-13-16(19(22)23-4-2)18(24-15)20-17(21)12-11-14-9-6-5-7-10-14/h5-7,9-10,13H,3-4,8,11-12H2,1-2H3,(H,20,21). The highest BCUT2D eigenvalue weighted by molar-refractivity contribution is 7.16. The third-order valence-electron chi connectivity index (χ3n) is 3.51. The topological polar surface area (TPSA) is 55.4 Å². The van der Waals surface area contributed by atoms with E-state index in [1.54, 1.807) is 6.92 Å². The number of benzene rings is 1. The zero-order chi connectivity index (χ0) is 17.4. The summed E-state index contributed by atoms with van der Waals surface area (Å²) in [5.74, 6) is -0.469. The maximum atomic E-state index is 12.2. The zero-order valence-corrected chi connectivity index (χ0v) is 14.9. The first-order valence-electron chi connectivity index (χ1n) is 8.27. The third kappa shape index (κ3) is 5.20. The van der Waals surface area contributed by atoms with Crippen molar-refractivity contribution in [2.75, 3.05) is 11.9 Å². The summed E-state index contributed by atoms with van der Waals surface area (Å²) < 4.78 is 5.09. The molecule has 0 saturated carbocycles. The van der Waals surface area contributed by atoms with E-state index in [1.807, 2.05) is 36.4 Å². The molecule has 0 spiro atoms. The summed E-state index contributed by atoms with van der Waals surface area (Å²) in [6.45, 7) is 4.18. The van der Waals surface area contributed by atoms with Crippen LogP contribution in [0, 0.1) is 0 Å². The number of aryl methyl sites for hydroxylation is 2. The molecule has 128 valence electrons. The van der Waals surface area contributed by atoms with Crippen LogP contribution in [0.2, 0.25) is 0 Å². The van der Waals surface area contributed by atoms with Crippen LogP contribution in [-0.4, -0.2) is 18.5 Å². The predicted molar refractivity (Wildman–Crippen MR) is 97.7 cm³/mol. The Bertz CT molecular complexity index is 679. The molecule has 1 aromatic heterocycles. The van der Waals surface area contributed by atoms with E-state index in [0.29, 0.717) is 30.0 Å². The van der Waals surface area contributed by atoms with Gasteiger partial charge >= 0.3 is 5.97 Å². The molecule has 1 N–H and O–H groups in total. The van der Waals surface area contributed by atoms with Gasteiger partial charge in [0, 0.05) is 11.3 Å². The number of rotatable bonds is 8. The first-order chi connectivity index (χ1) is 11.6. The molecule has 0 aliphatic carbocycles. The van der Waals surface area contributed by atoms with Crippen molar-refractivity contribution in [3.63, 3.8) is 0 Å². The number of hydrogen-bond donors (Lipinski definition) is 1. The van der Waals surface area contributed by atoms with Gasteiger partial charge in [-0.2, -0.15) is 0 Å². The minimum atomic E-state index is -0.380.